The van der Waals surface area contributed by atoms with Gasteiger partial charge in [-0.2, -0.15) is 0 Å². The minimum absolute atomic E-state index is 0.122. The van der Waals surface area contributed by atoms with Gasteiger partial charge in [-0.3, -0.25) is 4.57 Å². The van der Waals surface area contributed by atoms with Crippen LogP contribution in [-0.4, -0.2) is 66.9 Å². The van der Waals surface area contributed by atoms with Crippen molar-refractivity contribution in [1.82, 2.24) is 19.5 Å². The SMILES string of the molecule is COc1ccccc1[C@@H](C)Nc1ncnc2c1ncn2[C@@H]1O[C@H](CO)[C@@H](O)[C@H]1O. The van der Waals surface area contributed by atoms with E-state index in [2.05, 4.69) is 20.3 Å². The molecule has 5 atom stereocenters. The van der Waals surface area contributed by atoms with Crippen LogP contribution in [0.1, 0.15) is 24.8 Å². The van der Waals surface area contributed by atoms with Crippen LogP contribution in [-0.2, 0) is 4.74 Å². The Kier molecular flexibility index (Phi) is 5.33. The number of hydrogen-bond donors (Lipinski definition) is 4. The maximum Gasteiger partial charge on any atom is 0.167 e. The van der Waals surface area contributed by atoms with E-state index < -0.39 is 31.1 Å². The number of ether oxygens (including phenoxy) is 2. The highest BCUT2D eigenvalue weighted by atomic mass is 16.6. The van der Waals surface area contributed by atoms with Crippen LogP contribution in [0.3, 0.4) is 0 Å². The van der Waals surface area contributed by atoms with Crippen LogP contribution in [0.4, 0.5) is 5.82 Å². The van der Waals surface area contributed by atoms with Crippen LogP contribution in [0.25, 0.3) is 11.2 Å². The van der Waals surface area contributed by atoms with Crippen LogP contribution in [0.2, 0.25) is 0 Å². The summed E-state index contributed by atoms with van der Waals surface area (Å²) in [6.07, 6.45) is -1.35. The van der Waals surface area contributed by atoms with Gasteiger partial charge in [-0.05, 0) is 13.0 Å². The van der Waals surface area contributed by atoms with Crippen molar-refractivity contribution >= 4 is 17.0 Å². The van der Waals surface area contributed by atoms with Crippen molar-refractivity contribution in [2.75, 3.05) is 19.0 Å². The summed E-state index contributed by atoms with van der Waals surface area (Å²) in [5.41, 5.74) is 1.89. The molecule has 0 unspecified atom stereocenters. The van der Waals surface area contributed by atoms with Gasteiger partial charge in [-0.15, -0.1) is 0 Å². The van der Waals surface area contributed by atoms with Crippen LogP contribution in [0.5, 0.6) is 5.75 Å². The van der Waals surface area contributed by atoms with Crippen molar-refractivity contribution in [2.45, 2.75) is 37.5 Å². The van der Waals surface area contributed by atoms with Crippen molar-refractivity contribution in [3.63, 3.8) is 0 Å². The van der Waals surface area contributed by atoms with Gasteiger partial charge in [0.15, 0.2) is 23.2 Å². The van der Waals surface area contributed by atoms with Crippen molar-refractivity contribution < 1.29 is 24.8 Å². The summed E-state index contributed by atoms with van der Waals surface area (Å²) in [6, 6.07) is 7.57. The molecule has 1 aromatic carbocycles. The lowest BCUT2D eigenvalue weighted by Gasteiger charge is -2.18. The Balaban J connectivity index is 1.65. The smallest absolute Gasteiger partial charge is 0.167 e. The third-order valence-corrected chi connectivity index (χ3v) is 5.11. The molecule has 1 aliphatic heterocycles. The van der Waals surface area contributed by atoms with E-state index in [4.69, 9.17) is 9.47 Å². The average Bonchev–Trinajstić information content (AvgIpc) is 3.30. The molecule has 2 aromatic heterocycles. The Bertz CT molecular complexity index is 996. The highest BCUT2D eigenvalue weighted by Gasteiger charge is 2.44. The first-order valence-electron chi connectivity index (χ1n) is 9.24. The molecule has 0 aliphatic carbocycles. The molecule has 1 aliphatic rings. The summed E-state index contributed by atoms with van der Waals surface area (Å²) < 4.78 is 12.5. The highest BCUT2D eigenvalue weighted by molar-refractivity contribution is 5.83. The number of imidazole rings is 1. The molecular weight excluding hydrogens is 378 g/mol. The van der Waals surface area contributed by atoms with Crippen molar-refractivity contribution in [2.24, 2.45) is 0 Å². The lowest BCUT2D eigenvalue weighted by atomic mass is 10.1. The second-order valence-corrected chi connectivity index (χ2v) is 6.88. The van der Waals surface area contributed by atoms with E-state index in [1.165, 1.54) is 17.2 Å². The molecule has 154 valence electrons. The van der Waals surface area contributed by atoms with Crippen molar-refractivity contribution in [3.05, 3.63) is 42.5 Å². The normalized spacial score (nSPS) is 25.3. The first kappa shape index (κ1) is 19.5. The number of aliphatic hydroxyl groups is 3. The number of nitrogens with zero attached hydrogens (tertiary/aromatic N) is 4. The molecular formula is C19H23N5O5. The third-order valence-electron chi connectivity index (χ3n) is 5.11. The molecule has 0 bridgehead atoms. The van der Waals surface area contributed by atoms with E-state index in [0.717, 1.165) is 11.3 Å². The fraction of sp³-hybridized carbons (Fsp3) is 0.421. The molecule has 3 aromatic rings. The van der Waals surface area contributed by atoms with E-state index in [9.17, 15) is 15.3 Å². The molecule has 0 amide bonds. The average molecular weight is 401 g/mol. The summed E-state index contributed by atoms with van der Waals surface area (Å²) in [5, 5.41) is 33.0. The molecule has 4 rings (SSSR count). The van der Waals surface area contributed by atoms with E-state index in [1.807, 2.05) is 31.2 Å². The summed E-state index contributed by atoms with van der Waals surface area (Å²) in [5.74, 6) is 1.27. The number of para-hydroxylation sites is 1. The Morgan fingerprint density at radius 2 is 2.00 bits per heavy atom. The summed E-state index contributed by atoms with van der Waals surface area (Å²) in [7, 11) is 1.62. The molecule has 0 saturated carbocycles. The minimum Gasteiger partial charge on any atom is -0.496 e. The molecule has 10 nitrogen and oxygen atoms in total. The number of aromatic nitrogens is 4. The number of fused-ring (bicyclic) bond motifs is 1. The monoisotopic (exact) mass is 401 g/mol. The first-order chi connectivity index (χ1) is 14.0. The number of hydrogen-bond acceptors (Lipinski definition) is 9. The number of methoxy groups -OCH3 is 1. The van der Waals surface area contributed by atoms with Gasteiger partial charge in [0.1, 0.15) is 30.4 Å². The van der Waals surface area contributed by atoms with Gasteiger partial charge < -0.3 is 30.1 Å². The number of rotatable bonds is 6. The van der Waals surface area contributed by atoms with Gasteiger partial charge >= 0.3 is 0 Å². The topological polar surface area (TPSA) is 135 Å². The minimum atomic E-state index is -1.22. The second kappa shape index (κ2) is 7.91. The number of nitrogens with one attached hydrogen (secondary N) is 1. The quantitative estimate of drug-likeness (QED) is 0.469. The number of aliphatic hydroxyl groups excluding tert-OH is 3. The maximum absolute atomic E-state index is 10.3. The van der Waals surface area contributed by atoms with Crippen molar-refractivity contribution in [1.29, 1.82) is 0 Å². The molecule has 0 spiro atoms. The number of benzene rings is 1. The molecule has 3 heterocycles. The van der Waals surface area contributed by atoms with Gasteiger partial charge in [0.2, 0.25) is 0 Å². The van der Waals surface area contributed by atoms with E-state index in [1.54, 1.807) is 7.11 Å². The van der Waals surface area contributed by atoms with Gasteiger partial charge in [0.25, 0.3) is 0 Å². The molecule has 10 heteroatoms. The standard InChI is InChI=1S/C19H23N5O5/c1-10(11-5-3-4-6-12(11)28-2)23-17-14-18(21-8-20-17)24(9-22-14)19-16(27)15(26)13(7-25)29-19/h3-6,8-10,13,15-16,19,25-27H,7H2,1-2H3,(H,20,21,23)/t10-,13-,15-,16-,19-/m1/s1. The van der Waals surface area contributed by atoms with Crippen LogP contribution in [0.15, 0.2) is 36.9 Å². The third kappa shape index (κ3) is 3.40. The Labute approximate surface area is 166 Å². The molecule has 1 saturated heterocycles. The lowest BCUT2D eigenvalue weighted by Crippen LogP contribution is -2.33. The Morgan fingerprint density at radius 3 is 2.72 bits per heavy atom. The van der Waals surface area contributed by atoms with Gasteiger partial charge in [-0.25, -0.2) is 15.0 Å². The van der Waals surface area contributed by atoms with Crippen LogP contribution < -0.4 is 10.1 Å². The predicted octanol–water partition coefficient (Wildman–Crippen LogP) is 0.619. The maximum atomic E-state index is 10.3. The predicted molar refractivity (Wildman–Crippen MR) is 103 cm³/mol. The number of anilines is 1. The lowest BCUT2D eigenvalue weighted by molar-refractivity contribution is -0.0511. The van der Waals surface area contributed by atoms with Crippen molar-refractivity contribution in [3.8, 4) is 5.75 Å². The summed E-state index contributed by atoms with van der Waals surface area (Å²) in [6.45, 7) is 1.58. The second-order valence-electron chi connectivity index (χ2n) is 6.88. The largest absolute Gasteiger partial charge is 0.496 e. The van der Waals surface area contributed by atoms with Gasteiger partial charge in [0.05, 0.1) is 26.1 Å². The Hall–Kier alpha value is -2.79. The van der Waals surface area contributed by atoms with Crippen LogP contribution >= 0.6 is 0 Å². The van der Waals surface area contributed by atoms with E-state index >= 15 is 0 Å². The fourth-order valence-corrected chi connectivity index (χ4v) is 3.56. The molecule has 1 fully saturated rings. The zero-order valence-electron chi connectivity index (χ0n) is 16.0. The Morgan fingerprint density at radius 1 is 1.21 bits per heavy atom. The summed E-state index contributed by atoms with van der Waals surface area (Å²) >= 11 is 0. The zero-order valence-corrected chi connectivity index (χ0v) is 16.0. The summed E-state index contributed by atoms with van der Waals surface area (Å²) in [4.78, 5) is 12.9. The molecule has 29 heavy (non-hydrogen) atoms. The van der Waals surface area contributed by atoms with E-state index in [-0.39, 0.29) is 6.04 Å². The highest BCUT2D eigenvalue weighted by Crippen LogP contribution is 2.33. The van der Waals surface area contributed by atoms with Gasteiger partial charge in [0, 0.05) is 5.56 Å². The molecule has 4 N–H and O–H groups in total. The van der Waals surface area contributed by atoms with Crippen LogP contribution in [0, 0.1) is 0 Å². The fourth-order valence-electron chi connectivity index (χ4n) is 3.56. The van der Waals surface area contributed by atoms with Gasteiger partial charge in [-0.1, -0.05) is 18.2 Å². The molecule has 0 radical (unpaired) electrons. The first-order valence-corrected chi connectivity index (χ1v) is 9.24. The van der Waals surface area contributed by atoms with E-state index in [0.29, 0.717) is 17.0 Å². The zero-order chi connectivity index (χ0) is 20.5.